The number of amides is 1. The molecule has 132 valence electrons. The van der Waals surface area contributed by atoms with E-state index in [-0.39, 0.29) is 12.3 Å². The lowest BCUT2D eigenvalue weighted by Gasteiger charge is -2.39. The highest BCUT2D eigenvalue weighted by atomic mass is 16.3. The molecule has 2 aromatic heterocycles. The predicted octanol–water partition coefficient (Wildman–Crippen LogP) is 1.62. The summed E-state index contributed by atoms with van der Waals surface area (Å²) < 4.78 is 1.96. The van der Waals surface area contributed by atoms with Crippen LogP contribution in [-0.4, -0.2) is 58.0 Å². The van der Waals surface area contributed by atoms with E-state index in [1.807, 2.05) is 35.0 Å². The third-order valence-corrected chi connectivity index (χ3v) is 4.88. The zero-order chi connectivity index (χ0) is 18.0. The topological polar surface area (TPSA) is 72.0 Å². The minimum Gasteiger partial charge on any atom is -0.388 e. The molecule has 3 heterocycles. The minimum absolute atomic E-state index is 0.0586. The van der Waals surface area contributed by atoms with Gasteiger partial charge in [-0.1, -0.05) is 6.07 Å². The van der Waals surface area contributed by atoms with Crippen LogP contribution in [-0.2, 0) is 11.3 Å². The average Bonchev–Trinajstić information content (AvgIpc) is 2.91. The molecule has 3 rings (SSSR count). The Balaban J connectivity index is 1.77. The Morgan fingerprint density at radius 2 is 2.24 bits per heavy atom. The molecule has 6 nitrogen and oxygen atoms in total. The van der Waals surface area contributed by atoms with Crippen molar-refractivity contribution in [2.75, 3.05) is 27.2 Å². The first-order valence-corrected chi connectivity index (χ1v) is 8.55. The van der Waals surface area contributed by atoms with Gasteiger partial charge in [-0.05, 0) is 31.5 Å². The second-order valence-electron chi connectivity index (χ2n) is 7.14. The molecule has 0 aliphatic carbocycles. The number of carbonyl (C=O) groups excluding carboxylic acids is 1. The van der Waals surface area contributed by atoms with Crippen molar-refractivity contribution in [3.05, 3.63) is 41.7 Å². The normalized spacial score (nSPS) is 21.2. The number of fused-ring (bicyclic) bond motifs is 1. The molecule has 1 aliphatic rings. The van der Waals surface area contributed by atoms with E-state index in [9.17, 15) is 15.2 Å². The van der Waals surface area contributed by atoms with E-state index < -0.39 is 5.60 Å². The molecule has 2 aromatic rings. The van der Waals surface area contributed by atoms with Crippen LogP contribution in [0.15, 0.2) is 30.6 Å². The Morgan fingerprint density at radius 3 is 2.96 bits per heavy atom. The third-order valence-electron chi connectivity index (χ3n) is 4.88. The van der Waals surface area contributed by atoms with Gasteiger partial charge in [-0.25, -0.2) is 0 Å². The first-order chi connectivity index (χ1) is 11.9. The molecule has 1 fully saturated rings. The zero-order valence-corrected chi connectivity index (χ0v) is 14.8. The summed E-state index contributed by atoms with van der Waals surface area (Å²) in [6, 6.07) is 8.10. The van der Waals surface area contributed by atoms with E-state index in [0.29, 0.717) is 25.1 Å². The van der Waals surface area contributed by atoms with Crippen molar-refractivity contribution >= 4 is 11.4 Å². The number of likely N-dealkylation sites (tertiary alicyclic amines) is 1. The largest absolute Gasteiger partial charge is 0.388 e. The molecule has 1 amide bonds. The summed E-state index contributed by atoms with van der Waals surface area (Å²) in [7, 11) is 3.41. The Kier molecular flexibility index (Phi) is 4.80. The first kappa shape index (κ1) is 17.5. The fourth-order valence-electron chi connectivity index (χ4n) is 3.59. The smallest absolute Gasteiger partial charge is 0.224 e. The molecule has 0 aromatic carbocycles. The number of β-amino-alcohol motifs (C(OH)–C–C–N with tert-alkyl or cyclic N) is 1. The lowest BCUT2D eigenvalue weighted by Crippen LogP contribution is -2.50. The highest BCUT2D eigenvalue weighted by Gasteiger charge is 2.36. The van der Waals surface area contributed by atoms with Gasteiger partial charge in [-0.15, -0.1) is 0 Å². The van der Waals surface area contributed by atoms with Crippen LogP contribution in [0.2, 0.25) is 0 Å². The van der Waals surface area contributed by atoms with E-state index in [2.05, 4.69) is 11.0 Å². The Labute approximate surface area is 147 Å². The lowest BCUT2D eigenvalue weighted by atomic mass is 9.89. The number of carbonyl (C=O) groups is 1. The van der Waals surface area contributed by atoms with Crippen molar-refractivity contribution in [1.82, 2.24) is 14.2 Å². The average molecular weight is 340 g/mol. The number of pyridine rings is 1. The highest BCUT2D eigenvalue weighted by Crippen LogP contribution is 2.27. The van der Waals surface area contributed by atoms with Crippen molar-refractivity contribution in [3.8, 4) is 6.07 Å². The van der Waals surface area contributed by atoms with Gasteiger partial charge in [-0.3, -0.25) is 9.69 Å². The van der Waals surface area contributed by atoms with Crippen molar-refractivity contribution in [2.45, 2.75) is 31.4 Å². The molecule has 0 saturated carbocycles. The highest BCUT2D eigenvalue weighted by molar-refractivity contribution is 5.76. The molecule has 1 atom stereocenters. The van der Waals surface area contributed by atoms with Crippen LogP contribution in [0, 0.1) is 11.3 Å². The van der Waals surface area contributed by atoms with Crippen molar-refractivity contribution < 1.29 is 9.90 Å². The predicted molar refractivity (Wildman–Crippen MR) is 94.9 cm³/mol. The van der Waals surface area contributed by atoms with Crippen LogP contribution < -0.4 is 0 Å². The molecular weight excluding hydrogens is 316 g/mol. The van der Waals surface area contributed by atoms with E-state index in [1.165, 1.54) is 4.90 Å². The second kappa shape index (κ2) is 6.87. The van der Waals surface area contributed by atoms with E-state index in [1.54, 1.807) is 14.1 Å². The molecule has 6 heteroatoms. The van der Waals surface area contributed by atoms with Gasteiger partial charge in [0.2, 0.25) is 5.91 Å². The van der Waals surface area contributed by atoms with Gasteiger partial charge in [0, 0.05) is 45.1 Å². The SMILES string of the molecule is CN(C)C(=O)CC1(O)CCCN(Cc2cn3ccccc3c2C#N)C1. The minimum atomic E-state index is -0.994. The third kappa shape index (κ3) is 3.68. The Bertz CT molecular complexity index is 820. The number of nitriles is 1. The molecule has 25 heavy (non-hydrogen) atoms. The lowest BCUT2D eigenvalue weighted by molar-refractivity contribution is -0.136. The van der Waals surface area contributed by atoms with Gasteiger partial charge in [0.15, 0.2) is 0 Å². The fourth-order valence-corrected chi connectivity index (χ4v) is 3.59. The molecule has 0 bridgehead atoms. The number of aliphatic hydroxyl groups is 1. The van der Waals surface area contributed by atoms with Gasteiger partial charge in [0.1, 0.15) is 6.07 Å². The Hall–Kier alpha value is -2.36. The summed E-state index contributed by atoms with van der Waals surface area (Å²) in [5.41, 5.74) is 1.54. The summed E-state index contributed by atoms with van der Waals surface area (Å²) in [6.45, 7) is 1.90. The van der Waals surface area contributed by atoms with Gasteiger partial charge in [-0.2, -0.15) is 5.26 Å². The molecule has 0 spiro atoms. The van der Waals surface area contributed by atoms with Gasteiger partial charge >= 0.3 is 0 Å². The van der Waals surface area contributed by atoms with E-state index >= 15 is 0 Å². The van der Waals surface area contributed by atoms with Crippen LogP contribution in [0.1, 0.15) is 30.4 Å². The molecule has 0 radical (unpaired) electrons. The standard InChI is InChI=1S/C19H24N4O2/c1-21(2)18(24)10-19(25)7-5-8-22(14-19)12-15-13-23-9-4-3-6-17(23)16(15)11-20/h3-4,6,9,13,25H,5,7-8,10,12,14H2,1-2H3. The maximum atomic E-state index is 12.0. The quantitative estimate of drug-likeness (QED) is 0.918. The summed E-state index contributed by atoms with van der Waals surface area (Å²) in [5, 5.41) is 20.4. The monoisotopic (exact) mass is 340 g/mol. The van der Waals surface area contributed by atoms with Crippen LogP contribution >= 0.6 is 0 Å². The summed E-state index contributed by atoms with van der Waals surface area (Å²) >= 11 is 0. The van der Waals surface area contributed by atoms with Gasteiger partial charge in [0.25, 0.3) is 0 Å². The first-order valence-electron chi connectivity index (χ1n) is 8.55. The molecule has 1 N–H and O–H groups in total. The number of hydrogen-bond acceptors (Lipinski definition) is 4. The maximum Gasteiger partial charge on any atom is 0.224 e. The summed E-state index contributed by atoms with van der Waals surface area (Å²) in [4.78, 5) is 15.7. The van der Waals surface area contributed by atoms with Crippen molar-refractivity contribution in [3.63, 3.8) is 0 Å². The van der Waals surface area contributed by atoms with Crippen molar-refractivity contribution in [2.24, 2.45) is 0 Å². The van der Waals surface area contributed by atoms with E-state index in [0.717, 1.165) is 24.0 Å². The van der Waals surface area contributed by atoms with Crippen LogP contribution in [0.3, 0.4) is 0 Å². The number of rotatable bonds is 4. The molecule has 1 saturated heterocycles. The number of piperidine rings is 1. The Morgan fingerprint density at radius 1 is 1.44 bits per heavy atom. The number of nitrogens with zero attached hydrogens (tertiary/aromatic N) is 4. The van der Waals surface area contributed by atoms with E-state index in [4.69, 9.17) is 0 Å². The zero-order valence-electron chi connectivity index (χ0n) is 14.8. The number of aromatic nitrogens is 1. The van der Waals surface area contributed by atoms with Gasteiger partial charge in [0.05, 0.1) is 23.1 Å². The van der Waals surface area contributed by atoms with Crippen LogP contribution in [0.25, 0.3) is 5.52 Å². The summed E-state index contributed by atoms with van der Waals surface area (Å²) in [5.74, 6) is -0.0586. The van der Waals surface area contributed by atoms with Crippen molar-refractivity contribution in [1.29, 1.82) is 5.26 Å². The van der Waals surface area contributed by atoms with Crippen LogP contribution in [0.4, 0.5) is 0 Å². The number of hydrogen-bond donors (Lipinski definition) is 1. The second-order valence-corrected chi connectivity index (χ2v) is 7.14. The molecule has 1 aliphatic heterocycles. The maximum absolute atomic E-state index is 12.0. The van der Waals surface area contributed by atoms with Gasteiger partial charge < -0.3 is 14.4 Å². The van der Waals surface area contributed by atoms with Crippen LogP contribution in [0.5, 0.6) is 0 Å². The fraction of sp³-hybridized carbons (Fsp3) is 0.474. The molecular formula is C19H24N4O2. The summed E-state index contributed by atoms with van der Waals surface area (Å²) in [6.07, 6.45) is 5.52. The molecule has 1 unspecified atom stereocenters.